The SMILES string of the molecule is CC1Cc2ccccc2N1c1ccc(NS(=O)(=O)c2cccs2)nn1. The molecule has 1 aromatic carbocycles. The van der Waals surface area contributed by atoms with E-state index in [0.29, 0.717) is 5.82 Å². The lowest BCUT2D eigenvalue weighted by molar-refractivity contribution is 0.603. The molecule has 3 aromatic rings. The van der Waals surface area contributed by atoms with Crippen LogP contribution in [0.15, 0.2) is 58.1 Å². The van der Waals surface area contributed by atoms with Gasteiger partial charge in [0.1, 0.15) is 4.21 Å². The molecule has 0 saturated heterocycles. The van der Waals surface area contributed by atoms with E-state index >= 15 is 0 Å². The number of hydrogen-bond acceptors (Lipinski definition) is 6. The molecule has 0 bridgehead atoms. The van der Waals surface area contributed by atoms with Gasteiger partial charge < -0.3 is 4.90 Å². The van der Waals surface area contributed by atoms with E-state index in [4.69, 9.17) is 0 Å². The molecule has 8 heteroatoms. The van der Waals surface area contributed by atoms with Gasteiger partial charge in [-0.3, -0.25) is 4.72 Å². The summed E-state index contributed by atoms with van der Waals surface area (Å²) >= 11 is 1.16. The highest BCUT2D eigenvalue weighted by atomic mass is 32.2. The average Bonchev–Trinajstić information content (AvgIpc) is 3.23. The van der Waals surface area contributed by atoms with Crippen molar-refractivity contribution in [2.24, 2.45) is 0 Å². The van der Waals surface area contributed by atoms with Crippen molar-refractivity contribution in [3.63, 3.8) is 0 Å². The summed E-state index contributed by atoms with van der Waals surface area (Å²) in [5, 5.41) is 9.99. The molecule has 1 aliphatic rings. The fourth-order valence-electron chi connectivity index (χ4n) is 3.03. The van der Waals surface area contributed by atoms with Crippen molar-refractivity contribution in [2.75, 3.05) is 9.62 Å². The van der Waals surface area contributed by atoms with Gasteiger partial charge in [0.25, 0.3) is 10.0 Å². The van der Waals surface area contributed by atoms with Crippen molar-refractivity contribution >= 4 is 38.7 Å². The second kappa shape index (κ2) is 6.12. The Labute approximate surface area is 150 Å². The standard InChI is InChI=1S/C17H16N4O2S2/c1-12-11-13-5-2-3-6-14(13)21(12)16-9-8-15(18-19-16)20-25(22,23)17-7-4-10-24-17/h2-10,12H,11H2,1H3,(H,18,20). The zero-order chi connectivity index (χ0) is 17.4. The van der Waals surface area contributed by atoms with E-state index in [1.165, 1.54) is 5.56 Å². The molecule has 3 heterocycles. The van der Waals surface area contributed by atoms with Crippen LogP contribution >= 0.6 is 11.3 Å². The Hall–Kier alpha value is -2.45. The molecular formula is C17H16N4O2S2. The maximum Gasteiger partial charge on any atom is 0.272 e. The number of anilines is 3. The first-order chi connectivity index (χ1) is 12.0. The summed E-state index contributed by atoms with van der Waals surface area (Å²) in [4.78, 5) is 2.12. The van der Waals surface area contributed by atoms with Crippen LogP contribution in [0.4, 0.5) is 17.3 Å². The minimum absolute atomic E-state index is 0.206. The Balaban J connectivity index is 1.59. The number of nitrogens with one attached hydrogen (secondary N) is 1. The van der Waals surface area contributed by atoms with Gasteiger partial charge in [0, 0.05) is 11.7 Å². The Bertz CT molecular complexity index is 986. The van der Waals surface area contributed by atoms with Crippen LogP contribution < -0.4 is 9.62 Å². The molecule has 0 radical (unpaired) electrons. The minimum Gasteiger partial charge on any atom is -0.321 e. The molecular weight excluding hydrogens is 356 g/mol. The monoisotopic (exact) mass is 372 g/mol. The zero-order valence-electron chi connectivity index (χ0n) is 13.5. The van der Waals surface area contributed by atoms with E-state index in [-0.39, 0.29) is 16.1 Å². The Kier molecular flexibility index (Phi) is 3.93. The van der Waals surface area contributed by atoms with Crippen molar-refractivity contribution in [3.8, 4) is 0 Å². The second-order valence-corrected chi connectivity index (χ2v) is 8.72. The average molecular weight is 372 g/mol. The van der Waals surface area contributed by atoms with Gasteiger partial charge in [-0.2, -0.15) is 0 Å². The first-order valence-corrected chi connectivity index (χ1v) is 10.2. The Morgan fingerprint density at radius 1 is 1.12 bits per heavy atom. The number of nitrogens with zero attached hydrogens (tertiary/aromatic N) is 3. The van der Waals surface area contributed by atoms with Crippen LogP contribution in [-0.2, 0) is 16.4 Å². The Morgan fingerprint density at radius 2 is 1.96 bits per heavy atom. The predicted molar refractivity (Wildman–Crippen MR) is 98.9 cm³/mol. The second-order valence-electron chi connectivity index (χ2n) is 5.87. The molecule has 1 atom stereocenters. The van der Waals surface area contributed by atoms with Gasteiger partial charge in [-0.1, -0.05) is 24.3 Å². The van der Waals surface area contributed by atoms with Crippen molar-refractivity contribution in [3.05, 3.63) is 59.5 Å². The molecule has 0 spiro atoms. The molecule has 4 rings (SSSR count). The van der Waals surface area contributed by atoms with Crippen LogP contribution in [0.1, 0.15) is 12.5 Å². The molecule has 6 nitrogen and oxygen atoms in total. The summed E-state index contributed by atoms with van der Waals surface area (Å²) in [6.45, 7) is 2.13. The highest BCUT2D eigenvalue weighted by molar-refractivity contribution is 7.94. The number of sulfonamides is 1. The molecule has 1 aliphatic heterocycles. The number of fused-ring (bicyclic) bond motifs is 1. The molecule has 25 heavy (non-hydrogen) atoms. The molecule has 0 saturated carbocycles. The minimum atomic E-state index is -3.61. The third kappa shape index (κ3) is 2.98. The van der Waals surface area contributed by atoms with E-state index in [1.54, 1.807) is 29.6 Å². The third-order valence-corrected chi connectivity index (χ3v) is 6.86. The molecule has 0 fully saturated rings. The highest BCUT2D eigenvalue weighted by Crippen LogP contribution is 2.37. The summed E-state index contributed by atoms with van der Waals surface area (Å²) in [5.41, 5.74) is 2.40. The number of benzene rings is 1. The highest BCUT2D eigenvalue weighted by Gasteiger charge is 2.28. The predicted octanol–water partition coefficient (Wildman–Crippen LogP) is 3.42. The first kappa shape index (κ1) is 16.0. The van der Waals surface area contributed by atoms with Gasteiger partial charge in [0.2, 0.25) is 0 Å². The molecule has 2 aromatic heterocycles. The van der Waals surface area contributed by atoms with Gasteiger partial charge in [0.05, 0.1) is 0 Å². The quantitative estimate of drug-likeness (QED) is 0.759. The summed E-state index contributed by atoms with van der Waals surface area (Å²) in [6, 6.07) is 15.2. The lowest BCUT2D eigenvalue weighted by Gasteiger charge is -2.23. The lowest BCUT2D eigenvalue weighted by Crippen LogP contribution is -2.25. The fourth-order valence-corrected chi connectivity index (χ4v) is 5.02. The van der Waals surface area contributed by atoms with E-state index in [2.05, 4.69) is 38.9 Å². The summed E-state index contributed by atoms with van der Waals surface area (Å²) < 4.78 is 27.2. The summed E-state index contributed by atoms with van der Waals surface area (Å²) in [7, 11) is -3.61. The van der Waals surface area contributed by atoms with E-state index in [1.807, 2.05) is 12.1 Å². The van der Waals surface area contributed by atoms with Gasteiger partial charge in [-0.25, -0.2) is 8.42 Å². The van der Waals surface area contributed by atoms with E-state index in [9.17, 15) is 8.42 Å². The number of thiophene rings is 1. The van der Waals surface area contributed by atoms with Crippen LogP contribution in [0.3, 0.4) is 0 Å². The van der Waals surface area contributed by atoms with Crippen molar-refractivity contribution in [2.45, 2.75) is 23.6 Å². The Morgan fingerprint density at radius 3 is 2.68 bits per heavy atom. The molecule has 1 unspecified atom stereocenters. The summed E-state index contributed by atoms with van der Waals surface area (Å²) in [6.07, 6.45) is 0.949. The van der Waals surface area contributed by atoms with Crippen LogP contribution in [0.25, 0.3) is 0 Å². The van der Waals surface area contributed by atoms with Gasteiger partial charge in [0.15, 0.2) is 11.6 Å². The van der Waals surface area contributed by atoms with Crippen LogP contribution in [-0.4, -0.2) is 24.7 Å². The molecule has 1 N–H and O–H groups in total. The molecule has 0 aliphatic carbocycles. The van der Waals surface area contributed by atoms with Gasteiger partial charge in [-0.15, -0.1) is 21.5 Å². The van der Waals surface area contributed by atoms with Crippen LogP contribution in [0.5, 0.6) is 0 Å². The van der Waals surface area contributed by atoms with E-state index < -0.39 is 10.0 Å². The van der Waals surface area contributed by atoms with Gasteiger partial charge in [-0.05, 0) is 48.6 Å². The maximum atomic E-state index is 12.2. The lowest BCUT2D eigenvalue weighted by atomic mass is 10.1. The molecule has 128 valence electrons. The van der Waals surface area contributed by atoms with E-state index in [0.717, 1.165) is 23.4 Å². The first-order valence-electron chi connectivity index (χ1n) is 7.82. The van der Waals surface area contributed by atoms with Crippen molar-refractivity contribution in [1.29, 1.82) is 0 Å². The van der Waals surface area contributed by atoms with Gasteiger partial charge >= 0.3 is 0 Å². The summed E-state index contributed by atoms with van der Waals surface area (Å²) in [5.74, 6) is 0.911. The number of aromatic nitrogens is 2. The topological polar surface area (TPSA) is 75.2 Å². The smallest absolute Gasteiger partial charge is 0.272 e. The fraction of sp³-hybridized carbons (Fsp3) is 0.176. The molecule has 0 amide bonds. The normalized spacial score (nSPS) is 16.7. The largest absolute Gasteiger partial charge is 0.321 e. The maximum absolute atomic E-state index is 12.2. The van der Waals surface area contributed by atoms with Crippen LogP contribution in [0, 0.1) is 0 Å². The third-order valence-electron chi connectivity index (χ3n) is 4.10. The number of hydrogen-bond donors (Lipinski definition) is 1. The number of rotatable bonds is 4. The van der Waals surface area contributed by atoms with Crippen LogP contribution in [0.2, 0.25) is 0 Å². The number of para-hydroxylation sites is 1. The van der Waals surface area contributed by atoms with Crippen molar-refractivity contribution < 1.29 is 8.42 Å². The zero-order valence-corrected chi connectivity index (χ0v) is 15.1. The van der Waals surface area contributed by atoms with Crippen molar-refractivity contribution in [1.82, 2.24) is 10.2 Å².